The van der Waals surface area contributed by atoms with Crippen LogP contribution in [0.2, 0.25) is 0 Å². The zero-order valence-corrected chi connectivity index (χ0v) is 14.0. The number of hydrogen-bond donors (Lipinski definition) is 0. The number of nitriles is 2. The molecule has 10 heteroatoms. The molecule has 0 aliphatic heterocycles. The van der Waals surface area contributed by atoms with E-state index < -0.39 is 5.82 Å². The fourth-order valence-electron chi connectivity index (χ4n) is 1.99. The molecule has 0 unspecified atom stereocenters. The van der Waals surface area contributed by atoms with Crippen LogP contribution in [-0.2, 0) is 4.79 Å². The number of hydrogen-bond acceptors (Lipinski definition) is 7. The Balaban J connectivity index is 2.03. The lowest BCUT2D eigenvalue weighted by molar-refractivity contribution is -0.128. The molecule has 0 saturated heterocycles. The van der Waals surface area contributed by atoms with Gasteiger partial charge in [-0.1, -0.05) is 17.8 Å². The van der Waals surface area contributed by atoms with Gasteiger partial charge >= 0.3 is 0 Å². The normalized spacial score (nSPS) is 10.0. The molecule has 1 aromatic heterocycles. The van der Waals surface area contributed by atoms with Crippen LogP contribution in [0.5, 0.6) is 0 Å². The minimum atomic E-state index is -0.417. The topological polar surface area (TPSA) is 111 Å². The summed E-state index contributed by atoms with van der Waals surface area (Å²) >= 11 is 1.11. The van der Waals surface area contributed by atoms with Crippen molar-refractivity contribution in [1.29, 1.82) is 10.5 Å². The second-order valence-corrected chi connectivity index (χ2v) is 5.78. The number of tetrazole rings is 1. The molecular formula is C15H14FN7OS. The summed E-state index contributed by atoms with van der Waals surface area (Å²) < 4.78 is 14.7. The molecule has 0 saturated carbocycles. The van der Waals surface area contributed by atoms with Crippen molar-refractivity contribution < 1.29 is 9.18 Å². The van der Waals surface area contributed by atoms with Gasteiger partial charge < -0.3 is 4.90 Å². The minimum absolute atomic E-state index is 0.0482. The van der Waals surface area contributed by atoms with E-state index in [9.17, 15) is 9.18 Å². The van der Waals surface area contributed by atoms with Crippen molar-refractivity contribution in [3.63, 3.8) is 0 Å². The molecule has 128 valence electrons. The molecule has 25 heavy (non-hydrogen) atoms. The number of thioether (sulfide) groups is 1. The monoisotopic (exact) mass is 359 g/mol. The molecule has 0 aliphatic carbocycles. The molecular weight excluding hydrogens is 345 g/mol. The van der Waals surface area contributed by atoms with Crippen molar-refractivity contribution in [2.45, 2.75) is 18.0 Å². The summed E-state index contributed by atoms with van der Waals surface area (Å²) in [5.74, 6) is -0.587. The summed E-state index contributed by atoms with van der Waals surface area (Å²) in [5, 5.41) is 28.9. The molecule has 0 radical (unpaired) electrons. The Morgan fingerprint density at radius 1 is 1.28 bits per heavy atom. The first-order chi connectivity index (χ1) is 12.2. The Bertz CT molecular complexity index is 793. The first-order valence-electron chi connectivity index (χ1n) is 7.34. The third kappa shape index (κ3) is 5.26. The fraction of sp³-hybridized carbons (Fsp3) is 0.333. The lowest BCUT2D eigenvalue weighted by Gasteiger charge is -2.19. The lowest BCUT2D eigenvalue weighted by Crippen LogP contribution is -2.34. The molecule has 2 aromatic rings. The molecule has 0 aliphatic rings. The van der Waals surface area contributed by atoms with Gasteiger partial charge in [0.1, 0.15) is 5.82 Å². The van der Waals surface area contributed by atoms with Crippen LogP contribution in [0.1, 0.15) is 12.8 Å². The molecule has 1 amide bonds. The molecule has 0 fully saturated rings. The van der Waals surface area contributed by atoms with Crippen LogP contribution in [0.25, 0.3) is 5.69 Å². The predicted molar refractivity (Wildman–Crippen MR) is 86.9 cm³/mol. The minimum Gasteiger partial charge on any atom is -0.340 e. The van der Waals surface area contributed by atoms with Gasteiger partial charge in [-0.15, -0.1) is 5.10 Å². The summed E-state index contributed by atoms with van der Waals surface area (Å²) in [6.45, 7) is 0.540. The number of rotatable bonds is 8. The lowest BCUT2D eigenvalue weighted by atomic mass is 10.3. The van der Waals surface area contributed by atoms with E-state index in [0.717, 1.165) is 11.8 Å². The van der Waals surface area contributed by atoms with Gasteiger partial charge in [-0.25, -0.2) is 4.39 Å². The second-order valence-electron chi connectivity index (χ2n) is 4.84. The standard InChI is InChI=1S/C15H14FN7OS/c16-12-4-1-5-13(10-12)23-15(19-20-21-23)25-11-14(24)22(8-2-6-17)9-3-7-18/h1,4-5,10H,2-3,8-9,11H2. The van der Waals surface area contributed by atoms with E-state index in [4.69, 9.17) is 10.5 Å². The number of halogens is 1. The van der Waals surface area contributed by atoms with E-state index >= 15 is 0 Å². The Kier molecular flexibility index (Phi) is 6.87. The third-order valence-corrected chi connectivity index (χ3v) is 4.06. The maximum atomic E-state index is 13.3. The van der Waals surface area contributed by atoms with Crippen molar-refractivity contribution in [2.75, 3.05) is 18.8 Å². The van der Waals surface area contributed by atoms with E-state index in [0.29, 0.717) is 10.8 Å². The second kappa shape index (κ2) is 9.35. The van der Waals surface area contributed by atoms with E-state index in [1.807, 2.05) is 12.1 Å². The van der Waals surface area contributed by atoms with Crippen molar-refractivity contribution in [1.82, 2.24) is 25.1 Å². The largest absolute Gasteiger partial charge is 0.340 e. The van der Waals surface area contributed by atoms with Gasteiger partial charge in [-0.3, -0.25) is 4.79 Å². The number of amides is 1. The average molecular weight is 359 g/mol. The first-order valence-corrected chi connectivity index (χ1v) is 8.33. The van der Waals surface area contributed by atoms with Gasteiger partial charge in [0.05, 0.1) is 36.4 Å². The average Bonchev–Trinajstić information content (AvgIpc) is 3.08. The third-order valence-electron chi connectivity index (χ3n) is 3.16. The van der Waals surface area contributed by atoms with E-state index in [2.05, 4.69) is 15.5 Å². The maximum absolute atomic E-state index is 13.3. The van der Waals surface area contributed by atoms with Gasteiger partial charge in [-0.2, -0.15) is 15.2 Å². The summed E-state index contributed by atoms with van der Waals surface area (Å²) in [4.78, 5) is 13.8. The molecule has 0 atom stereocenters. The first kappa shape index (κ1) is 18.4. The summed E-state index contributed by atoms with van der Waals surface area (Å²) in [5.41, 5.74) is 0.450. The van der Waals surface area contributed by atoms with Gasteiger partial charge in [0.25, 0.3) is 0 Å². The van der Waals surface area contributed by atoms with Crippen LogP contribution >= 0.6 is 11.8 Å². The smallest absolute Gasteiger partial charge is 0.233 e. The van der Waals surface area contributed by atoms with Crippen LogP contribution in [-0.4, -0.2) is 49.9 Å². The number of carbonyl (C=O) groups excluding carboxylic acids is 1. The van der Waals surface area contributed by atoms with Crippen molar-refractivity contribution >= 4 is 17.7 Å². The van der Waals surface area contributed by atoms with Crippen LogP contribution in [0, 0.1) is 28.5 Å². The zero-order valence-electron chi connectivity index (χ0n) is 13.2. The number of nitrogens with zero attached hydrogens (tertiary/aromatic N) is 7. The molecule has 2 rings (SSSR count). The summed E-state index contributed by atoms with van der Waals surface area (Å²) in [6.07, 6.45) is 0.395. The molecule has 0 bridgehead atoms. The Morgan fingerprint density at radius 3 is 2.64 bits per heavy atom. The maximum Gasteiger partial charge on any atom is 0.233 e. The highest BCUT2D eigenvalue weighted by Crippen LogP contribution is 2.19. The Labute approximate surface area is 147 Å². The van der Waals surface area contributed by atoms with Gasteiger partial charge in [-0.05, 0) is 28.6 Å². The van der Waals surface area contributed by atoms with Gasteiger partial charge in [0.2, 0.25) is 11.1 Å². The van der Waals surface area contributed by atoms with Crippen LogP contribution < -0.4 is 0 Å². The highest BCUT2D eigenvalue weighted by Gasteiger charge is 2.16. The van der Waals surface area contributed by atoms with E-state index in [1.54, 1.807) is 6.07 Å². The highest BCUT2D eigenvalue weighted by molar-refractivity contribution is 7.99. The molecule has 0 spiro atoms. The fourth-order valence-corrected chi connectivity index (χ4v) is 2.78. The Hall–Kier alpha value is -2.98. The Morgan fingerprint density at radius 2 is 2.00 bits per heavy atom. The van der Waals surface area contributed by atoms with Crippen LogP contribution in [0.4, 0.5) is 4.39 Å². The highest BCUT2D eigenvalue weighted by atomic mass is 32.2. The predicted octanol–water partition coefficient (Wildman–Crippen LogP) is 1.55. The van der Waals surface area contributed by atoms with Crippen molar-refractivity contribution in [3.8, 4) is 17.8 Å². The van der Waals surface area contributed by atoms with Gasteiger partial charge in [0, 0.05) is 13.1 Å². The van der Waals surface area contributed by atoms with E-state index in [-0.39, 0.29) is 37.6 Å². The summed E-state index contributed by atoms with van der Waals surface area (Å²) in [7, 11) is 0. The number of aromatic nitrogens is 4. The molecule has 0 N–H and O–H groups in total. The van der Waals surface area contributed by atoms with Crippen LogP contribution in [0.15, 0.2) is 29.4 Å². The SMILES string of the molecule is N#CCCN(CCC#N)C(=O)CSc1nnnn1-c1cccc(F)c1. The summed E-state index contributed by atoms with van der Waals surface area (Å²) in [6, 6.07) is 9.75. The quantitative estimate of drug-likeness (QED) is 0.657. The molecule has 1 aromatic carbocycles. The number of benzene rings is 1. The van der Waals surface area contributed by atoms with Gasteiger partial charge in [0.15, 0.2) is 0 Å². The molecule has 8 nitrogen and oxygen atoms in total. The zero-order chi connectivity index (χ0) is 18.1. The van der Waals surface area contributed by atoms with Crippen molar-refractivity contribution in [2.24, 2.45) is 0 Å². The van der Waals surface area contributed by atoms with E-state index in [1.165, 1.54) is 27.8 Å². The molecule has 1 heterocycles. The van der Waals surface area contributed by atoms with Crippen molar-refractivity contribution in [3.05, 3.63) is 30.1 Å². The van der Waals surface area contributed by atoms with Crippen LogP contribution in [0.3, 0.4) is 0 Å². The number of carbonyl (C=O) groups is 1.